The molecule has 3 unspecified atom stereocenters. The van der Waals surface area contributed by atoms with Crippen molar-refractivity contribution < 1.29 is 9.59 Å². The molecule has 3 fully saturated rings. The Morgan fingerprint density at radius 1 is 1.20 bits per heavy atom. The predicted octanol–water partition coefficient (Wildman–Crippen LogP) is 3.32. The Bertz CT molecular complexity index is 663. The van der Waals surface area contributed by atoms with Gasteiger partial charge in [0.2, 0.25) is 5.91 Å². The van der Waals surface area contributed by atoms with Crippen molar-refractivity contribution in [1.82, 2.24) is 10.2 Å². The fourth-order valence-electron chi connectivity index (χ4n) is 4.64. The van der Waals surface area contributed by atoms with Crippen LogP contribution in [0.2, 0.25) is 0 Å². The number of hydrogen-bond acceptors (Lipinski definition) is 2. The smallest absolute Gasteiger partial charge is 0.317 e. The molecule has 0 bridgehead atoms. The van der Waals surface area contributed by atoms with Crippen molar-refractivity contribution in [3.63, 3.8) is 0 Å². The highest BCUT2D eigenvalue weighted by Crippen LogP contribution is 2.37. The van der Waals surface area contributed by atoms with E-state index in [0.717, 1.165) is 37.3 Å². The Labute approximate surface area is 149 Å². The third kappa shape index (κ3) is 3.24. The molecular formula is C20H27N3O2. The summed E-state index contributed by atoms with van der Waals surface area (Å²) in [6, 6.07) is 7.98. The Balaban J connectivity index is 1.40. The number of nitrogens with zero attached hydrogens (tertiary/aromatic N) is 2. The number of anilines is 1. The molecule has 5 heteroatoms. The predicted molar refractivity (Wildman–Crippen MR) is 97.4 cm³/mol. The number of nitrogens with one attached hydrogen (secondary N) is 1. The van der Waals surface area contributed by atoms with Crippen molar-refractivity contribution in [3.05, 3.63) is 29.8 Å². The first-order valence-corrected chi connectivity index (χ1v) is 9.57. The van der Waals surface area contributed by atoms with Crippen LogP contribution in [0.25, 0.3) is 0 Å². The monoisotopic (exact) mass is 341 g/mol. The van der Waals surface area contributed by atoms with E-state index in [1.165, 1.54) is 19.3 Å². The lowest BCUT2D eigenvalue weighted by Crippen LogP contribution is -2.40. The van der Waals surface area contributed by atoms with Gasteiger partial charge in [0.25, 0.3) is 0 Å². The standard InChI is InChI=1S/C20H27N3O2/c1-14(21-20(25)22-12-16-6-2-7-17(16)13-22)15-5-3-8-18(11-15)23-10-4-9-19(23)24/h3,5,8,11,14,16-17H,2,4,6-7,9-10,12-13H2,1H3,(H,21,25). The van der Waals surface area contributed by atoms with Crippen molar-refractivity contribution >= 4 is 17.6 Å². The third-order valence-corrected chi connectivity index (χ3v) is 6.11. The molecule has 3 aliphatic rings. The zero-order chi connectivity index (χ0) is 17.4. The van der Waals surface area contributed by atoms with Gasteiger partial charge in [-0.2, -0.15) is 0 Å². The number of benzene rings is 1. The lowest BCUT2D eigenvalue weighted by molar-refractivity contribution is -0.117. The zero-order valence-electron chi connectivity index (χ0n) is 14.9. The first-order chi connectivity index (χ1) is 12.1. The van der Waals surface area contributed by atoms with Crippen LogP contribution in [0.3, 0.4) is 0 Å². The summed E-state index contributed by atoms with van der Waals surface area (Å²) >= 11 is 0. The largest absolute Gasteiger partial charge is 0.331 e. The molecule has 5 nitrogen and oxygen atoms in total. The maximum Gasteiger partial charge on any atom is 0.317 e. The van der Waals surface area contributed by atoms with Crippen LogP contribution in [-0.4, -0.2) is 36.5 Å². The first-order valence-electron chi connectivity index (χ1n) is 9.57. The molecule has 25 heavy (non-hydrogen) atoms. The Kier molecular flexibility index (Phi) is 4.40. The molecule has 0 aromatic heterocycles. The molecule has 1 saturated carbocycles. The molecule has 2 saturated heterocycles. The summed E-state index contributed by atoms with van der Waals surface area (Å²) < 4.78 is 0. The summed E-state index contributed by atoms with van der Waals surface area (Å²) in [4.78, 5) is 28.4. The van der Waals surface area contributed by atoms with Gasteiger partial charge < -0.3 is 15.1 Å². The van der Waals surface area contributed by atoms with E-state index in [1.807, 2.05) is 41.0 Å². The summed E-state index contributed by atoms with van der Waals surface area (Å²) in [7, 11) is 0. The molecule has 0 radical (unpaired) electrons. The molecule has 134 valence electrons. The molecule has 1 N–H and O–H groups in total. The molecule has 3 atom stereocenters. The second-order valence-corrected chi connectivity index (χ2v) is 7.77. The summed E-state index contributed by atoms with van der Waals surface area (Å²) in [6.45, 7) is 4.62. The number of urea groups is 1. The van der Waals surface area contributed by atoms with Gasteiger partial charge in [-0.05, 0) is 55.7 Å². The highest BCUT2D eigenvalue weighted by Gasteiger charge is 2.38. The second kappa shape index (κ2) is 6.70. The van der Waals surface area contributed by atoms with Crippen LogP contribution in [0, 0.1) is 11.8 Å². The van der Waals surface area contributed by atoms with Gasteiger partial charge in [0.1, 0.15) is 0 Å². The van der Waals surface area contributed by atoms with E-state index in [4.69, 9.17) is 0 Å². The van der Waals surface area contributed by atoms with E-state index in [-0.39, 0.29) is 18.0 Å². The SMILES string of the molecule is CC(NC(=O)N1CC2CCCC2C1)c1cccc(N2CCCC2=O)c1. The van der Waals surface area contributed by atoms with Crippen LogP contribution in [0.4, 0.5) is 10.5 Å². The maximum atomic E-state index is 12.6. The van der Waals surface area contributed by atoms with Crippen molar-refractivity contribution in [1.29, 1.82) is 0 Å². The lowest BCUT2D eigenvalue weighted by atomic mass is 10.0. The Morgan fingerprint density at radius 3 is 2.64 bits per heavy atom. The number of amides is 3. The van der Waals surface area contributed by atoms with Gasteiger partial charge in [-0.3, -0.25) is 4.79 Å². The zero-order valence-corrected chi connectivity index (χ0v) is 14.9. The van der Waals surface area contributed by atoms with E-state index in [2.05, 4.69) is 5.32 Å². The Morgan fingerprint density at radius 2 is 1.96 bits per heavy atom. The minimum absolute atomic E-state index is 0.0459. The number of likely N-dealkylation sites (tertiary alicyclic amines) is 1. The molecule has 2 heterocycles. The highest BCUT2D eigenvalue weighted by atomic mass is 16.2. The quantitative estimate of drug-likeness (QED) is 0.917. The highest BCUT2D eigenvalue weighted by molar-refractivity contribution is 5.95. The van der Waals surface area contributed by atoms with Crippen molar-refractivity contribution in [2.75, 3.05) is 24.5 Å². The number of hydrogen-bond donors (Lipinski definition) is 1. The Hall–Kier alpha value is -2.04. The lowest BCUT2D eigenvalue weighted by Gasteiger charge is -2.23. The van der Waals surface area contributed by atoms with Gasteiger partial charge in [-0.1, -0.05) is 18.6 Å². The van der Waals surface area contributed by atoms with Gasteiger partial charge in [0.15, 0.2) is 0 Å². The molecule has 3 amide bonds. The summed E-state index contributed by atoms with van der Waals surface area (Å²) in [6.07, 6.45) is 5.43. The fourth-order valence-corrected chi connectivity index (χ4v) is 4.64. The summed E-state index contributed by atoms with van der Waals surface area (Å²) in [5, 5.41) is 3.14. The molecule has 1 aliphatic carbocycles. The van der Waals surface area contributed by atoms with E-state index < -0.39 is 0 Å². The first kappa shape index (κ1) is 16.4. The van der Waals surface area contributed by atoms with Gasteiger partial charge >= 0.3 is 6.03 Å². The van der Waals surface area contributed by atoms with Crippen LogP contribution < -0.4 is 10.2 Å². The third-order valence-electron chi connectivity index (χ3n) is 6.11. The van der Waals surface area contributed by atoms with Gasteiger partial charge in [-0.15, -0.1) is 0 Å². The van der Waals surface area contributed by atoms with Crippen LogP contribution in [0.1, 0.15) is 50.6 Å². The minimum Gasteiger partial charge on any atom is -0.331 e. The second-order valence-electron chi connectivity index (χ2n) is 7.77. The van der Waals surface area contributed by atoms with Crippen LogP contribution >= 0.6 is 0 Å². The minimum atomic E-state index is -0.0643. The van der Waals surface area contributed by atoms with E-state index in [9.17, 15) is 9.59 Å². The number of carbonyl (C=O) groups excluding carboxylic acids is 2. The van der Waals surface area contributed by atoms with Gasteiger partial charge in [0.05, 0.1) is 6.04 Å². The summed E-state index contributed by atoms with van der Waals surface area (Å²) in [5.41, 5.74) is 1.99. The number of rotatable bonds is 3. The van der Waals surface area contributed by atoms with Crippen LogP contribution in [-0.2, 0) is 4.79 Å². The number of carbonyl (C=O) groups is 2. The summed E-state index contributed by atoms with van der Waals surface area (Å²) in [5.74, 6) is 1.62. The maximum absolute atomic E-state index is 12.6. The van der Waals surface area contributed by atoms with Crippen LogP contribution in [0.5, 0.6) is 0 Å². The normalized spacial score (nSPS) is 26.8. The molecule has 1 aromatic rings. The molecule has 4 rings (SSSR count). The molecule has 0 spiro atoms. The van der Waals surface area contributed by atoms with Crippen molar-refractivity contribution in [3.8, 4) is 0 Å². The molecule has 1 aromatic carbocycles. The molecule has 2 aliphatic heterocycles. The van der Waals surface area contributed by atoms with Crippen molar-refractivity contribution in [2.24, 2.45) is 11.8 Å². The average molecular weight is 341 g/mol. The number of fused-ring (bicyclic) bond motifs is 1. The van der Waals surface area contributed by atoms with Crippen molar-refractivity contribution in [2.45, 2.75) is 45.1 Å². The van der Waals surface area contributed by atoms with Crippen LogP contribution in [0.15, 0.2) is 24.3 Å². The average Bonchev–Trinajstić information content (AvgIpc) is 3.30. The molecular weight excluding hydrogens is 314 g/mol. The van der Waals surface area contributed by atoms with Gasteiger partial charge in [0, 0.05) is 31.7 Å². The van der Waals surface area contributed by atoms with Gasteiger partial charge in [-0.25, -0.2) is 4.79 Å². The van der Waals surface area contributed by atoms with E-state index in [1.54, 1.807) is 0 Å². The van der Waals surface area contributed by atoms with E-state index in [0.29, 0.717) is 18.3 Å². The fraction of sp³-hybridized carbons (Fsp3) is 0.600. The topological polar surface area (TPSA) is 52.7 Å². The van der Waals surface area contributed by atoms with E-state index >= 15 is 0 Å².